The predicted octanol–water partition coefficient (Wildman–Crippen LogP) is 2.20. The Kier molecular flexibility index (Phi) is 5.81. The van der Waals surface area contributed by atoms with Gasteiger partial charge in [-0.25, -0.2) is 0 Å². The SMILES string of the molecule is CCCC[C@H](N)C(=O)N[C@H]1CCC[C@@H](C)C1. The van der Waals surface area contributed by atoms with Gasteiger partial charge in [-0.2, -0.15) is 0 Å². The molecule has 0 aromatic heterocycles. The van der Waals surface area contributed by atoms with Gasteiger partial charge < -0.3 is 11.1 Å². The highest BCUT2D eigenvalue weighted by molar-refractivity contribution is 5.81. The third-order valence-electron chi connectivity index (χ3n) is 3.49. The number of hydrogen-bond acceptors (Lipinski definition) is 2. The van der Waals surface area contributed by atoms with Gasteiger partial charge in [-0.05, 0) is 25.2 Å². The van der Waals surface area contributed by atoms with E-state index < -0.39 is 0 Å². The Morgan fingerprint density at radius 2 is 2.25 bits per heavy atom. The van der Waals surface area contributed by atoms with E-state index in [1.165, 1.54) is 12.8 Å². The average molecular weight is 226 g/mol. The van der Waals surface area contributed by atoms with Crippen LogP contribution in [0.3, 0.4) is 0 Å². The molecule has 1 rings (SSSR count). The lowest BCUT2D eigenvalue weighted by atomic mass is 9.87. The zero-order valence-corrected chi connectivity index (χ0v) is 10.7. The molecule has 0 aromatic carbocycles. The van der Waals surface area contributed by atoms with Crippen molar-refractivity contribution in [3.8, 4) is 0 Å². The van der Waals surface area contributed by atoms with Gasteiger partial charge in [0.25, 0.3) is 0 Å². The van der Waals surface area contributed by atoms with E-state index >= 15 is 0 Å². The molecule has 16 heavy (non-hydrogen) atoms. The first-order valence-corrected chi connectivity index (χ1v) is 6.69. The van der Waals surface area contributed by atoms with Crippen LogP contribution in [0.1, 0.15) is 58.8 Å². The van der Waals surface area contributed by atoms with Crippen LogP contribution in [-0.4, -0.2) is 18.0 Å². The second-order valence-electron chi connectivity index (χ2n) is 5.23. The van der Waals surface area contributed by atoms with Crippen LogP contribution >= 0.6 is 0 Å². The first-order valence-electron chi connectivity index (χ1n) is 6.69. The number of carbonyl (C=O) groups is 1. The number of carbonyl (C=O) groups excluding carboxylic acids is 1. The van der Waals surface area contributed by atoms with Crippen molar-refractivity contribution in [1.82, 2.24) is 5.32 Å². The summed E-state index contributed by atoms with van der Waals surface area (Å²) in [5.41, 5.74) is 5.84. The van der Waals surface area contributed by atoms with Crippen LogP contribution in [0.15, 0.2) is 0 Å². The summed E-state index contributed by atoms with van der Waals surface area (Å²) in [6, 6.07) is 0.0566. The first kappa shape index (κ1) is 13.5. The molecule has 1 aliphatic carbocycles. The minimum Gasteiger partial charge on any atom is -0.352 e. The van der Waals surface area contributed by atoms with Crippen molar-refractivity contribution in [3.63, 3.8) is 0 Å². The molecule has 1 aliphatic rings. The summed E-state index contributed by atoms with van der Waals surface area (Å²) in [6.45, 7) is 4.38. The summed E-state index contributed by atoms with van der Waals surface area (Å²) < 4.78 is 0. The van der Waals surface area contributed by atoms with Crippen molar-refractivity contribution in [3.05, 3.63) is 0 Å². The van der Waals surface area contributed by atoms with Crippen molar-refractivity contribution in [2.24, 2.45) is 11.7 Å². The third kappa shape index (κ3) is 4.52. The second-order valence-corrected chi connectivity index (χ2v) is 5.23. The van der Waals surface area contributed by atoms with Gasteiger partial charge in [0, 0.05) is 6.04 Å². The van der Waals surface area contributed by atoms with Crippen LogP contribution in [0.2, 0.25) is 0 Å². The molecule has 3 heteroatoms. The molecule has 0 aliphatic heterocycles. The maximum absolute atomic E-state index is 11.8. The van der Waals surface area contributed by atoms with Gasteiger partial charge in [0.1, 0.15) is 0 Å². The molecule has 0 heterocycles. The molecule has 3 nitrogen and oxygen atoms in total. The Morgan fingerprint density at radius 3 is 2.88 bits per heavy atom. The van der Waals surface area contributed by atoms with Crippen LogP contribution in [0.25, 0.3) is 0 Å². The summed E-state index contributed by atoms with van der Waals surface area (Å²) in [7, 11) is 0. The van der Waals surface area contributed by atoms with Gasteiger partial charge in [0.05, 0.1) is 6.04 Å². The van der Waals surface area contributed by atoms with E-state index in [0.29, 0.717) is 6.04 Å². The molecule has 94 valence electrons. The number of nitrogens with one attached hydrogen (secondary N) is 1. The first-order chi connectivity index (χ1) is 7.63. The summed E-state index contributed by atoms with van der Waals surface area (Å²) in [5, 5.41) is 3.09. The van der Waals surface area contributed by atoms with Crippen molar-refractivity contribution >= 4 is 5.91 Å². The molecule has 3 atom stereocenters. The summed E-state index contributed by atoms with van der Waals surface area (Å²) in [5.74, 6) is 0.790. The smallest absolute Gasteiger partial charge is 0.237 e. The number of amides is 1. The standard InChI is InChI=1S/C13H26N2O/c1-3-4-8-12(14)13(16)15-11-7-5-6-10(2)9-11/h10-12H,3-9,14H2,1-2H3,(H,15,16)/t10-,11+,12+/m1/s1. The molecule has 1 amide bonds. The Bertz CT molecular complexity index is 218. The lowest BCUT2D eigenvalue weighted by molar-refractivity contribution is -0.123. The summed E-state index contributed by atoms with van der Waals surface area (Å²) in [4.78, 5) is 11.8. The van der Waals surface area contributed by atoms with Crippen molar-refractivity contribution in [2.75, 3.05) is 0 Å². The quantitative estimate of drug-likeness (QED) is 0.755. The Labute approximate surface area is 99.2 Å². The molecule has 0 spiro atoms. The minimum atomic E-state index is -0.308. The monoisotopic (exact) mass is 226 g/mol. The van der Waals surface area contributed by atoms with Crippen LogP contribution in [0, 0.1) is 5.92 Å². The van der Waals surface area contributed by atoms with Crippen LogP contribution in [-0.2, 0) is 4.79 Å². The molecular weight excluding hydrogens is 200 g/mol. The van der Waals surface area contributed by atoms with Gasteiger partial charge in [0.15, 0.2) is 0 Å². The molecule has 3 N–H and O–H groups in total. The fourth-order valence-corrected chi connectivity index (χ4v) is 2.43. The Morgan fingerprint density at radius 1 is 1.50 bits per heavy atom. The minimum absolute atomic E-state index is 0.0487. The van der Waals surface area contributed by atoms with E-state index in [2.05, 4.69) is 19.2 Å². The maximum Gasteiger partial charge on any atom is 0.237 e. The lowest BCUT2D eigenvalue weighted by Crippen LogP contribution is -2.46. The highest BCUT2D eigenvalue weighted by Gasteiger charge is 2.22. The van der Waals surface area contributed by atoms with E-state index in [1.807, 2.05) is 0 Å². The van der Waals surface area contributed by atoms with Gasteiger partial charge in [-0.3, -0.25) is 4.79 Å². The Balaban J connectivity index is 2.26. The van der Waals surface area contributed by atoms with Crippen LogP contribution < -0.4 is 11.1 Å². The largest absolute Gasteiger partial charge is 0.352 e. The highest BCUT2D eigenvalue weighted by atomic mass is 16.2. The number of hydrogen-bond donors (Lipinski definition) is 2. The summed E-state index contributed by atoms with van der Waals surface area (Å²) in [6.07, 6.45) is 7.72. The molecule has 1 saturated carbocycles. The van der Waals surface area contributed by atoms with Crippen molar-refractivity contribution in [1.29, 1.82) is 0 Å². The predicted molar refractivity (Wildman–Crippen MR) is 67.1 cm³/mol. The van der Waals surface area contributed by atoms with E-state index in [-0.39, 0.29) is 11.9 Å². The van der Waals surface area contributed by atoms with Crippen LogP contribution in [0.5, 0.6) is 0 Å². The normalized spacial score (nSPS) is 27.4. The van der Waals surface area contributed by atoms with Gasteiger partial charge in [-0.15, -0.1) is 0 Å². The fourth-order valence-electron chi connectivity index (χ4n) is 2.43. The topological polar surface area (TPSA) is 55.1 Å². The number of nitrogens with two attached hydrogens (primary N) is 1. The molecular formula is C13H26N2O. The van der Waals surface area contributed by atoms with E-state index in [1.54, 1.807) is 0 Å². The number of unbranched alkanes of at least 4 members (excludes halogenated alkanes) is 1. The lowest BCUT2D eigenvalue weighted by Gasteiger charge is -2.28. The van der Waals surface area contributed by atoms with Gasteiger partial charge in [-0.1, -0.05) is 39.5 Å². The van der Waals surface area contributed by atoms with E-state index in [4.69, 9.17) is 5.73 Å². The molecule has 0 bridgehead atoms. The highest BCUT2D eigenvalue weighted by Crippen LogP contribution is 2.23. The number of rotatable bonds is 5. The molecule has 0 radical (unpaired) electrons. The van der Waals surface area contributed by atoms with Crippen molar-refractivity contribution < 1.29 is 4.79 Å². The average Bonchev–Trinajstić information content (AvgIpc) is 2.25. The second kappa shape index (κ2) is 6.89. The third-order valence-corrected chi connectivity index (χ3v) is 3.49. The molecule has 1 fully saturated rings. The molecule has 0 saturated heterocycles. The molecule has 0 unspecified atom stereocenters. The van der Waals surface area contributed by atoms with Gasteiger partial charge in [0.2, 0.25) is 5.91 Å². The Hall–Kier alpha value is -0.570. The zero-order valence-electron chi connectivity index (χ0n) is 10.7. The fraction of sp³-hybridized carbons (Fsp3) is 0.923. The maximum atomic E-state index is 11.8. The van der Waals surface area contributed by atoms with E-state index in [9.17, 15) is 4.79 Å². The van der Waals surface area contributed by atoms with E-state index in [0.717, 1.165) is 38.0 Å². The van der Waals surface area contributed by atoms with Crippen LogP contribution in [0.4, 0.5) is 0 Å². The summed E-state index contributed by atoms with van der Waals surface area (Å²) >= 11 is 0. The van der Waals surface area contributed by atoms with Gasteiger partial charge >= 0.3 is 0 Å². The molecule has 0 aromatic rings. The van der Waals surface area contributed by atoms with Crippen molar-refractivity contribution in [2.45, 2.75) is 70.9 Å². The zero-order chi connectivity index (χ0) is 12.0.